The van der Waals surface area contributed by atoms with Crippen molar-refractivity contribution in [2.45, 2.75) is 13.3 Å². The largest absolute Gasteiger partial charge is 0.496 e. The minimum atomic E-state index is -0.210. The second-order valence-electron chi connectivity index (χ2n) is 6.46. The van der Waals surface area contributed by atoms with E-state index in [2.05, 4.69) is 11.4 Å². The van der Waals surface area contributed by atoms with Gasteiger partial charge in [0.1, 0.15) is 11.4 Å². The van der Waals surface area contributed by atoms with E-state index in [0.29, 0.717) is 22.0 Å². The number of ketones is 1. The van der Waals surface area contributed by atoms with Crippen LogP contribution in [-0.2, 0) is 11.2 Å². The molecule has 4 aromatic rings. The Labute approximate surface area is 186 Å². The summed E-state index contributed by atoms with van der Waals surface area (Å²) in [6.45, 7) is 1.50. The van der Waals surface area contributed by atoms with Crippen molar-refractivity contribution in [2.75, 3.05) is 12.4 Å². The maximum atomic E-state index is 12.7. The minimum Gasteiger partial charge on any atom is -0.496 e. The molecular formula is C22H18N2O3S3. The van der Waals surface area contributed by atoms with Crippen LogP contribution in [0.3, 0.4) is 0 Å². The quantitative estimate of drug-likeness (QED) is 0.348. The Balaban J connectivity index is 1.59. The second kappa shape index (κ2) is 8.91. The highest BCUT2D eigenvalue weighted by atomic mass is 32.1. The number of benzene rings is 1. The Kier molecular flexibility index (Phi) is 6.08. The monoisotopic (exact) mass is 454 g/mol. The molecule has 0 saturated carbocycles. The lowest BCUT2D eigenvalue weighted by atomic mass is 10.0. The van der Waals surface area contributed by atoms with Crippen molar-refractivity contribution in [3.8, 4) is 26.1 Å². The first-order valence-electron chi connectivity index (χ1n) is 9.11. The number of anilines is 1. The molecule has 0 fully saturated rings. The van der Waals surface area contributed by atoms with Gasteiger partial charge in [-0.25, -0.2) is 4.98 Å². The van der Waals surface area contributed by atoms with Gasteiger partial charge >= 0.3 is 0 Å². The van der Waals surface area contributed by atoms with Gasteiger partial charge in [0.2, 0.25) is 5.91 Å². The van der Waals surface area contributed by atoms with Gasteiger partial charge in [-0.05, 0) is 48.0 Å². The van der Waals surface area contributed by atoms with E-state index in [-0.39, 0.29) is 18.1 Å². The molecule has 1 amide bonds. The predicted octanol–water partition coefficient (Wildman–Crippen LogP) is 5.99. The Morgan fingerprint density at radius 3 is 2.43 bits per heavy atom. The van der Waals surface area contributed by atoms with Crippen molar-refractivity contribution in [2.24, 2.45) is 0 Å². The number of nitrogens with zero attached hydrogens (tertiary/aromatic N) is 1. The van der Waals surface area contributed by atoms with Crippen LogP contribution in [0.2, 0.25) is 0 Å². The summed E-state index contributed by atoms with van der Waals surface area (Å²) in [5.41, 5.74) is 2.09. The number of amides is 1. The zero-order valence-electron chi connectivity index (χ0n) is 16.3. The van der Waals surface area contributed by atoms with Crippen LogP contribution in [0.5, 0.6) is 5.75 Å². The Hall–Kier alpha value is -2.81. The molecule has 3 aromatic heterocycles. The number of thiophene rings is 2. The number of carbonyl (C=O) groups excluding carboxylic acids is 2. The maximum absolute atomic E-state index is 12.7. The third-order valence-corrected chi connectivity index (χ3v) is 7.31. The molecule has 4 rings (SSSR count). The highest BCUT2D eigenvalue weighted by Gasteiger charge is 2.19. The fourth-order valence-electron chi connectivity index (χ4n) is 3.00. The molecular weight excluding hydrogens is 436 g/mol. The average molecular weight is 455 g/mol. The van der Waals surface area contributed by atoms with E-state index in [1.165, 1.54) is 18.3 Å². The van der Waals surface area contributed by atoms with Crippen LogP contribution in [0.25, 0.3) is 20.3 Å². The number of Topliss-reactive ketones (excluding diaryl/α,β-unsaturated/α-hetero) is 1. The third kappa shape index (κ3) is 4.35. The van der Waals surface area contributed by atoms with E-state index in [0.717, 1.165) is 20.3 Å². The van der Waals surface area contributed by atoms with Crippen LogP contribution in [0.4, 0.5) is 5.13 Å². The molecule has 152 valence electrons. The number of aromatic nitrogens is 1. The van der Waals surface area contributed by atoms with Crippen molar-refractivity contribution in [1.29, 1.82) is 0 Å². The molecule has 1 aromatic carbocycles. The van der Waals surface area contributed by atoms with Gasteiger partial charge in [-0.3, -0.25) is 9.59 Å². The van der Waals surface area contributed by atoms with E-state index in [9.17, 15) is 9.59 Å². The van der Waals surface area contributed by atoms with E-state index >= 15 is 0 Å². The lowest BCUT2D eigenvalue weighted by Gasteiger charge is -2.09. The molecule has 0 aliphatic carbocycles. The first kappa shape index (κ1) is 20.5. The van der Waals surface area contributed by atoms with Crippen molar-refractivity contribution >= 4 is 50.8 Å². The molecule has 0 aliphatic rings. The number of hydrogen-bond acceptors (Lipinski definition) is 7. The van der Waals surface area contributed by atoms with Gasteiger partial charge in [0, 0.05) is 16.0 Å². The normalized spacial score (nSPS) is 10.7. The SMILES string of the molecule is COc1ccc(C(C)=O)cc1CC(=O)Nc1nc(-c2cccs2)c(-c2cccs2)s1. The van der Waals surface area contributed by atoms with Gasteiger partial charge in [-0.15, -0.1) is 22.7 Å². The number of ether oxygens (including phenoxy) is 1. The summed E-state index contributed by atoms with van der Waals surface area (Å²) in [7, 11) is 1.55. The second-order valence-corrected chi connectivity index (χ2v) is 9.35. The molecule has 1 N–H and O–H groups in total. The summed E-state index contributed by atoms with van der Waals surface area (Å²) in [6.07, 6.45) is 0.0898. The van der Waals surface area contributed by atoms with E-state index < -0.39 is 0 Å². The van der Waals surface area contributed by atoms with Gasteiger partial charge in [0.15, 0.2) is 10.9 Å². The molecule has 30 heavy (non-hydrogen) atoms. The van der Waals surface area contributed by atoms with E-state index in [1.54, 1.807) is 48.0 Å². The molecule has 0 saturated heterocycles. The zero-order valence-corrected chi connectivity index (χ0v) is 18.7. The van der Waals surface area contributed by atoms with Crippen molar-refractivity contribution in [3.05, 3.63) is 64.4 Å². The standard InChI is InChI=1S/C22H18N2O3S3/c1-13(25)14-7-8-16(27-2)15(11-14)12-19(26)23-22-24-20(17-5-3-9-28-17)21(30-22)18-6-4-10-29-18/h3-11H,12H2,1-2H3,(H,23,24,26). The summed E-state index contributed by atoms with van der Waals surface area (Å²) in [6, 6.07) is 13.2. The number of rotatable bonds is 7. The molecule has 0 bridgehead atoms. The van der Waals surface area contributed by atoms with Gasteiger partial charge in [0.05, 0.1) is 23.3 Å². The zero-order chi connectivity index (χ0) is 21.1. The third-order valence-electron chi connectivity index (χ3n) is 4.41. The van der Waals surface area contributed by atoms with Gasteiger partial charge in [-0.2, -0.15) is 0 Å². The van der Waals surface area contributed by atoms with Crippen LogP contribution < -0.4 is 10.1 Å². The minimum absolute atomic E-state index is 0.0552. The molecule has 0 spiro atoms. The molecule has 0 unspecified atom stereocenters. The number of nitrogens with one attached hydrogen (secondary N) is 1. The number of methoxy groups -OCH3 is 1. The average Bonchev–Trinajstić information content (AvgIpc) is 3.48. The Morgan fingerprint density at radius 2 is 1.80 bits per heavy atom. The highest BCUT2D eigenvalue weighted by Crippen LogP contribution is 2.42. The molecule has 8 heteroatoms. The first-order chi connectivity index (χ1) is 14.5. The van der Waals surface area contributed by atoms with Crippen LogP contribution >= 0.6 is 34.0 Å². The van der Waals surface area contributed by atoms with Gasteiger partial charge in [0.25, 0.3) is 0 Å². The van der Waals surface area contributed by atoms with Gasteiger partial charge in [-0.1, -0.05) is 23.5 Å². The lowest BCUT2D eigenvalue weighted by Crippen LogP contribution is -2.15. The van der Waals surface area contributed by atoms with E-state index in [1.807, 2.05) is 29.0 Å². The molecule has 3 heterocycles. The molecule has 0 aliphatic heterocycles. The molecule has 5 nitrogen and oxygen atoms in total. The van der Waals surface area contributed by atoms with Crippen LogP contribution in [0.15, 0.2) is 53.2 Å². The summed E-state index contributed by atoms with van der Waals surface area (Å²) in [5, 5.41) is 7.50. The molecule has 0 radical (unpaired) electrons. The Bertz CT molecular complexity index is 1130. The van der Waals surface area contributed by atoms with Crippen molar-refractivity contribution in [1.82, 2.24) is 4.98 Å². The lowest BCUT2D eigenvalue weighted by molar-refractivity contribution is -0.115. The van der Waals surface area contributed by atoms with E-state index in [4.69, 9.17) is 9.72 Å². The molecule has 0 atom stereocenters. The summed E-state index contributed by atoms with van der Waals surface area (Å²) >= 11 is 4.73. The van der Waals surface area contributed by atoms with Gasteiger partial charge < -0.3 is 10.1 Å². The number of hydrogen-bond donors (Lipinski definition) is 1. The van der Waals surface area contributed by atoms with Crippen LogP contribution in [0.1, 0.15) is 22.8 Å². The summed E-state index contributed by atoms with van der Waals surface area (Å²) in [4.78, 5) is 32.4. The fourth-order valence-corrected chi connectivity index (χ4v) is 5.64. The number of thiazole rings is 1. The van der Waals surface area contributed by atoms with Crippen molar-refractivity contribution in [3.63, 3.8) is 0 Å². The smallest absolute Gasteiger partial charge is 0.230 e. The Morgan fingerprint density at radius 1 is 1.07 bits per heavy atom. The first-order valence-corrected chi connectivity index (χ1v) is 11.7. The highest BCUT2D eigenvalue weighted by molar-refractivity contribution is 7.24. The number of carbonyl (C=O) groups is 2. The topological polar surface area (TPSA) is 68.3 Å². The van der Waals surface area contributed by atoms with Crippen LogP contribution in [0, 0.1) is 0 Å². The summed E-state index contributed by atoms with van der Waals surface area (Å²) in [5.74, 6) is 0.312. The van der Waals surface area contributed by atoms with Crippen LogP contribution in [-0.4, -0.2) is 23.8 Å². The predicted molar refractivity (Wildman–Crippen MR) is 124 cm³/mol. The van der Waals surface area contributed by atoms with Crippen molar-refractivity contribution < 1.29 is 14.3 Å². The summed E-state index contributed by atoms with van der Waals surface area (Å²) < 4.78 is 5.35. The fraction of sp³-hybridized carbons (Fsp3) is 0.136. The maximum Gasteiger partial charge on any atom is 0.230 e.